The molecule has 0 radical (unpaired) electrons. The summed E-state index contributed by atoms with van der Waals surface area (Å²) in [5.74, 6) is 0. The number of quaternary nitrogens is 1. The van der Waals surface area contributed by atoms with Crippen LogP contribution in [0.2, 0.25) is 0 Å². The van der Waals surface area contributed by atoms with Gasteiger partial charge in [0.2, 0.25) is 0 Å². The lowest BCUT2D eigenvalue weighted by Gasteiger charge is -2.34. The normalized spacial score (nSPS) is 16.7. The van der Waals surface area contributed by atoms with Crippen LogP contribution in [0.25, 0.3) is 0 Å². The first-order valence-electron chi connectivity index (χ1n) is 11.4. The molecule has 0 aromatic rings. The van der Waals surface area contributed by atoms with Crippen LogP contribution in [-0.2, 0) is 0 Å². The highest BCUT2D eigenvalue weighted by Gasteiger charge is 2.33. The van der Waals surface area contributed by atoms with Crippen molar-refractivity contribution in [2.24, 2.45) is 0 Å². The molecule has 0 spiro atoms. The molecule has 0 aromatic heterocycles. The molecule has 0 aliphatic heterocycles. The zero-order valence-corrected chi connectivity index (χ0v) is 18.6. The lowest BCUT2D eigenvalue weighted by molar-refractivity contribution is -0.894. The average Bonchev–Trinajstić information content (AvgIpc) is 2.66. The average molecular weight is 407 g/mol. The van der Waals surface area contributed by atoms with Gasteiger partial charge in [-0.15, -0.1) is 0 Å². The molecule has 28 heavy (non-hydrogen) atoms. The number of rotatable bonds is 19. The van der Waals surface area contributed by atoms with Crippen molar-refractivity contribution in [2.75, 3.05) is 33.8 Å². The van der Waals surface area contributed by atoms with Crippen molar-refractivity contribution >= 4 is 0 Å². The largest absolute Gasteiger partial charge is 0.394 e. The summed E-state index contributed by atoms with van der Waals surface area (Å²) in [5, 5.41) is 48.0. The van der Waals surface area contributed by atoms with Crippen LogP contribution in [0.1, 0.15) is 84.0 Å². The lowest BCUT2D eigenvalue weighted by atomic mass is 10.0. The Morgan fingerprint density at radius 2 is 1.00 bits per heavy atom. The second-order valence-corrected chi connectivity index (χ2v) is 9.03. The van der Waals surface area contributed by atoms with Gasteiger partial charge >= 0.3 is 0 Å². The van der Waals surface area contributed by atoms with Gasteiger partial charge in [0, 0.05) is 0 Å². The van der Waals surface area contributed by atoms with E-state index in [1.165, 1.54) is 70.6 Å². The highest BCUT2D eigenvalue weighted by molar-refractivity contribution is 4.80. The van der Waals surface area contributed by atoms with Gasteiger partial charge in [0.15, 0.2) is 0 Å². The third-order valence-corrected chi connectivity index (χ3v) is 5.62. The summed E-state index contributed by atoms with van der Waals surface area (Å²) in [6, 6.07) is 0. The number of unbranched alkanes of at least 4 members (excludes halogenated alkanes) is 11. The third-order valence-electron chi connectivity index (χ3n) is 5.62. The molecule has 0 aliphatic rings. The fourth-order valence-corrected chi connectivity index (χ4v) is 3.65. The second-order valence-electron chi connectivity index (χ2n) is 9.03. The second kappa shape index (κ2) is 16.5. The molecular weight excluding hydrogens is 358 g/mol. The number of aliphatic hydroxyl groups is 5. The van der Waals surface area contributed by atoms with E-state index < -0.39 is 31.0 Å². The van der Waals surface area contributed by atoms with Crippen LogP contribution in [0, 0.1) is 0 Å². The first-order valence-corrected chi connectivity index (χ1v) is 11.4. The minimum Gasteiger partial charge on any atom is -0.394 e. The molecule has 0 heterocycles. The van der Waals surface area contributed by atoms with E-state index in [9.17, 15) is 20.4 Å². The summed E-state index contributed by atoms with van der Waals surface area (Å²) in [4.78, 5) is 0. The van der Waals surface area contributed by atoms with E-state index >= 15 is 0 Å². The van der Waals surface area contributed by atoms with E-state index in [-0.39, 0.29) is 6.54 Å². The van der Waals surface area contributed by atoms with Crippen LogP contribution in [0.4, 0.5) is 0 Å². The summed E-state index contributed by atoms with van der Waals surface area (Å²) in [6.45, 7) is 2.77. The smallest absolute Gasteiger partial charge is 0.131 e. The molecular formula is C22H48NO5+. The first-order chi connectivity index (χ1) is 13.2. The molecule has 0 aromatic carbocycles. The van der Waals surface area contributed by atoms with Crippen LogP contribution in [0.15, 0.2) is 0 Å². The predicted octanol–water partition coefficient (Wildman–Crippen LogP) is 2.20. The van der Waals surface area contributed by atoms with Crippen molar-refractivity contribution in [3.05, 3.63) is 0 Å². The van der Waals surface area contributed by atoms with Crippen molar-refractivity contribution in [1.29, 1.82) is 0 Å². The summed E-state index contributed by atoms with van der Waals surface area (Å²) in [6.07, 6.45) is 10.0. The molecule has 0 rings (SSSR count). The van der Waals surface area contributed by atoms with Crippen LogP contribution < -0.4 is 0 Å². The number of aliphatic hydroxyl groups excluding tert-OH is 5. The molecule has 0 amide bonds. The van der Waals surface area contributed by atoms with Crippen LogP contribution >= 0.6 is 0 Å². The molecule has 6 nitrogen and oxygen atoms in total. The van der Waals surface area contributed by atoms with Gasteiger partial charge in [0.25, 0.3) is 0 Å². The van der Waals surface area contributed by atoms with Crippen molar-refractivity contribution in [2.45, 2.75) is 108 Å². The minimum absolute atomic E-state index is 0.286. The van der Waals surface area contributed by atoms with Gasteiger partial charge in [0.1, 0.15) is 31.0 Å². The summed E-state index contributed by atoms with van der Waals surface area (Å²) < 4.78 is 0.540. The zero-order valence-electron chi connectivity index (χ0n) is 18.6. The Morgan fingerprint density at radius 1 is 0.607 bits per heavy atom. The molecule has 0 saturated carbocycles. The van der Waals surface area contributed by atoms with Gasteiger partial charge in [0.05, 0.1) is 27.2 Å². The Bertz CT molecular complexity index is 354. The molecule has 4 atom stereocenters. The van der Waals surface area contributed by atoms with Crippen LogP contribution in [0.5, 0.6) is 0 Å². The molecule has 4 unspecified atom stereocenters. The molecule has 0 aliphatic carbocycles. The van der Waals surface area contributed by atoms with E-state index in [1.807, 2.05) is 14.1 Å². The monoisotopic (exact) mass is 406 g/mol. The first kappa shape index (κ1) is 27.8. The van der Waals surface area contributed by atoms with Gasteiger partial charge in [-0.25, -0.2) is 0 Å². The summed E-state index contributed by atoms with van der Waals surface area (Å²) >= 11 is 0. The predicted molar refractivity (Wildman–Crippen MR) is 114 cm³/mol. The molecule has 5 N–H and O–H groups in total. The van der Waals surface area contributed by atoms with Gasteiger partial charge in [-0.05, 0) is 12.8 Å². The fraction of sp³-hybridized carbons (Fsp3) is 1.00. The van der Waals surface area contributed by atoms with Crippen molar-refractivity contribution < 1.29 is 30.0 Å². The topological polar surface area (TPSA) is 101 Å². The van der Waals surface area contributed by atoms with Crippen LogP contribution in [-0.4, -0.2) is 88.2 Å². The van der Waals surface area contributed by atoms with Crippen molar-refractivity contribution in [1.82, 2.24) is 0 Å². The van der Waals surface area contributed by atoms with Crippen molar-refractivity contribution in [3.63, 3.8) is 0 Å². The Morgan fingerprint density at radius 3 is 1.43 bits per heavy atom. The molecule has 170 valence electrons. The molecule has 0 saturated heterocycles. The zero-order chi connectivity index (χ0) is 21.4. The Kier molecular flexibility index (Phi) is 16.4. The van der Waals surface area contributed by atoms with Crippen molar-refractivity contribution in [3.8, 4) is 0 Å². The summed E-state index contributed by atoms with van der Waals surface area (Å²) in [5.41, 5.74) is 0. The van der Waals surface area contributed by atoms with Gasteiger partial charge in [-0.3, -0.25) is 0 Å². The maximum absolute atomic E-state index is 10.1. The number of likely N-dealkylation sites (N-methyl/N-ethyl adjacent to an activating group) is 1. The number of hydrogen-bond donors (Lipinski definition) is 5. The van der Waals surface area contributed by atoms with Crippen LogP contribution in [0.3, 0.4) is 0 Å². The quantitative estimate of drug-likeness (QED) is 0.167. The Balaban J connectivity index is 3.76. The van der Waals surface area contributed by atoms with E-state index in [0.717, 1.165) is 13.0 Å². The molecule has 6 heteroatoms. The van der Waals surface area contributed by atoms with E-state index in [4.69, 9.17) is 5.11 Å². The highest BCUT2D eigenvalue weighted by atomic mass is 16.4. The Hall–Kier alpha value is -0.240. The standard InChI is InChI=1S/C22H48NO5/c1-4-5-6-7-8-9-10-11-12-13-14-15-16-23(2,3)17-19(25)21(27)22(28)20(26)18-24/h19-22,24-28H,4-18H2,1-3H3/q+1. The minimum atomic E-state index is -1.55. The maximum atomic E-state index is 10.1. The van der Waals surface area contributed by atoms with E-state index in [1.54, 1.807) is 0 Å². The molecule has 0 bridgehead atoms. The van der Waals surface area contributed by atoms with Gasteiger partial charge < -0.3 is 30.0 Å². The van der Waals surface area contributed by atoms with E-state index in [0.29, 0.717) is 4.48 Å². The highest BCUT2D eigenvalue weighted by Crippen LogP contribution is 2.14. The Labute approximate surface area is 172 Å². The number of hydrogen-bond acceptors (Lipinski definition) is 5. The van der Waals surface area contributed by atoms with Gasteiger partial charge in [-0.1, -0.05) is 71.1 Å². The van der Waals surface area contributed by atoms with Gasteiger partial charge in [-0.2, -0.15) is 0 Å². The number of nitrogens with zero attached hydrogens (tertiary/aromatic N) is 1. The summed E-state index contributed by atoms with van der Waals surface area (Å²) in [7, 11) is 3.98. The lowest BCUT2D eigenvalue weighted by Crippen LogP contribution is -2.54. The SMILES string of the molecule is CCCCCCCCCCCCCC[N+](C)(C)CC(O)C(O)C(O)C(O)CO. The maximum Gasteiger partial charge on any atom is 0.131 e. The fourth-order valence-electron chi connectivity index (χ4n) is 3.65. The molecule has 0 fully saturated rings. The third kappa shape index (κ3) is 13.9. The van der Waals surface area contributed by atoms with E-state index in [2.05, 4.69) is 6.92 Å².